The van der Waals surface area contributed by atoms with Crippen LogP contribution in [0.2, 0.25) is 0 Å². The molecular formula is C24H13N3O8Pb. The van der Waals surface area contributed by atoms with Crippen LogP contribution >= 0.6 is 0 Å². The molecule has 0 bridgehead atoms. The van der Waals surface area contributed by atoms with E-state index in [1.54, 1.807) is 0 Å². The Kier molecular flexibility index (Phi) is 7.63. The van der Waals surface area contributed by atoms with Crippen molar-refractivity contribution in [2.75, 3.05) is 0 Å². The van der Waals surface area contributed by atoms with E-state index in [0.29, 0.717) is 0 Å². The van der Waals surface area contributed by atoms with Crippen LogP contribution in [0.4, 0.5) is 17.1 Å². The van der Waals surface area contributed by atoms with E-state index in [-0.39, 0.29) is 33.4 Å². The zero-order valence-corrected chi connectivity index (χ0v) is 22.0. The molecule has 176 valence electrons. The second-order valence-electron chi connectivity index (χ2n) is 7.44. The third-order valence-electron chi connectivity index (χ3n) is 5.31. The first-order valence-corrected chi connectivity index (χ1v) is 9.97. The molecule has 0 aliphatic heterocycles. The summed E-state index contributed by atoms with van der Waals surface area (Å²) in [6.07, 6.45) is 0. The van der Waals surface area contributed by atoms with Crippen molar-refractivity contribution < 1.29 is 25.0 Å². The van der Waals surface area contributed by atoms with Crippen LogP contribution in [0.1, 0.15) is 0 Å². The van der Waals surface area contributed by atoms with Crippen molar-refractivity contribution in [3.8, 4) is 11.5 Å². The minimum Gasteiger partial charge on any atom is -0.863 e. The Bertz CT molecular complexity index is 1490. The fraction of sp³-hybridized carbons (Fsp3) is 0. The molecule has 0 amide bonds. The summed E-state index contributed by atoms with van der Waals surface area (Å²) in [5, 5.41) is 61.2. The summed E-state index contributed by atoms with van der Waals surface area (Å²) in [5.41, 5.74) is -4.48. The van der Waals surface area contributed by atoms with Gasteiger partial charge in [-0.25, -0.2) is 0 Å². The Labute approximate surface area is 221 Å². The molecule has 0 N–H and O–H groups in total. The summed E-state index contributed by atoms with van der Waals surface area (Å²) in [7, 11) is 0. The molecule has 0 spiro atoms. The summed E-state index contributed by atoms with van der Waals surface area (Å²) in [6.45, 7) is 0. The molecule has 0 heterocycles. The van der Waals surface area contributed by atoms with Gasteiger partial charge in [-0.3, -0.25) is 30.3 Å². The predicted molar refractivity (Wildman–Crippen MR) is 130 cm³/mol. The van der Waals surface area contributed by atoms with E-state index in [2.05, 4.69) is 72.8 Å². The Hall–Kier alpha value is -4.40. The van der Waals surface area contributed by atoms with E-state index >= 15 is 0 Å². The minimum atomic E-state index is -1.75. The molecule has 0 aromatic heterocycles. The number of benzene rings is 5. The maximum atomic E-state index is 11.1. The summed E-state index contributed by atoms with van der Waals surface area (Å²) < 4.78 is 0. The second-order valence-corrected chi connectivity index (χ2v) is 7.44. The van der Waals surface area contributed by atoms with Gasteiger partial charge in [0.25, 0.3) is 17.1 Å². The standard InChI is InChI=1S/C18H12.C6H3N3O8.Pb/c1-2-6-14-10-18-12-16-8-4-3-7-15(16)11-17(18)9-13(14)5-1;10-5-2(7(12)13)1-3(8(14)15)6(11)4(5)9(16)17;/h1-12H;1,10-11H;/q;;+2/p-2. The topological polar surface area (TPSA) is 176 Å². The van der Waals surface area contributed by atoms with Crippen molar-refractivity contribution in [3.63, 3.8) is 0 Å². The number of nitrogens with zero attached hydrogens (tertiary/aromatic N) is 3. The number of nitro groups is 3. The number of rotatable bonds is 3. The average molecular weight is 679 g/mol. The third-order valence-corrected chi connectivity index (χ3v) is 5.31. The molecule has 12 heteroatoms. The maximum absolute atomic E-state index is 11.1. The fourth-order valence-corrected chi connectivity index (χ4v) is 3.68. The van der Waals surface area contributed by atoms with Crippen LogP contribution in [-0.4, -0.2) is 42.1 Å². The van der Waals surface area contributed by atoms with E-state index < -0.39 is 43.3 Å². The van der Waals surface area contributed by atoms with E-state index in [9.17, 15) is 40.6 Å². The van der Waals surface area contributed by atoms with Gasteiger partial charge in [0.15, 0.2) is 0 Å². The van der Waals surface area contributed by atoms with Crippen LogP contribution in [0.15, 0.2) is 78.9 Å². The Morgan fingerprint density at radius 2 is 0.778 bits per heavy atom. The second kappa shape index (κ2) is 10.5. The molecule has 0 aliphatic carbocycles. The SMILES string of the molecule is O=[N+]([O-])c1cc([N+](=O)[O-])c([O-])c([N+](=O)[O-])c1[O-].[Pb+2].c1ccc2cc3cc4ccccc4cc3cc2c1. The van der Waals surface area contributed by atoms with Crippen molar-refractivity contribution >= 4 is 76.7 Å². The maximum Gasteiger partial charge on any atom is 2.00 e. The Morgan fingerprint density at radius 3 is 1.03 bits per heavy atom. The van der Waals surface area contributed by atoms with Crippen molar-refractivity contribution in [1.29, 1.82) is 0 Å². The molecule has 2 radical (unpaired) electrons. The van der Waals surface area contributed by atoms with Crippen LogP contribution in [0.3, 0.4) is 0 Å². The van der Waals surface area contributed by atoms with E-state index in [0.717, 1.165) is 0 Å². The van der Waals surface area contributed by atoms with Crippen molar-refractivity contribution in [3.05, 3.63) is 109 Å². The molecule has 5 aromatic rings. The molecular weight excluding hydrogens is 665 g/mol. The molecule has 0 fully saturated rings. The fourth-order valence-electron chi connectivity index (χ4n) is 3.68. The first-order chi connectivity index (χ1) is 16.7. The summed E-state index contributed by atoms with van der Waals surface area (Å²) in [6, 6.07) is 26.3. The average Bonchev–Trinajstić information content (AvgIpc) is 2.81. The summed E-state index contributed by atoms with van der Waals surface area (Å²) >= 11 is 0. The molecule has 5 aromatic carbocycles. The van der Waals surface area contributed by atoms with Crippen molar-refractivity contribution in [2.45, 2.75) is 0 Å². The smallest absolute Gasteiger partial charge is 0.863 e. The zero-order chi connectivity index (χ0) is 25.3. The van der Waals surface area contributed by atoms with Crippen molar-refractivity contribution in [2.24, 2.45) is 0 Å². The first-order valence-electron chi connectivity index (χ1n) is 9.97. The molecule has 0 atom stereocenters. The van der Waals surface area contributed by atoms with Crippen LogP contribution in [0.25, 0.3) is 32.3 Å². The van der Waals surface area contributed by atoms with E-state index in [1.165, 1.54) is 32.3 Å². The number of nitro benzene ring substituents is 3. The molecule has 0 saturated carbocycles. The molecule has 5 rings (SSSR count). The van der Waals surface area contributed by atoms with Crippen LogP contribution in [0.5, 0.6) is 11.5 Å². The molecule has 0 saturated heterocycles. The van der Waals surface area contributed by atoms with Gasteiger partial charge in [0.05, 0.1) is 32.3 Å². The zero-order valence-electron chi connectivity index (χ0n) is 18.1. The van der Waals surface area contributed by atoms with Crippen LogP contribution < -0.4 is 10.2 Å². The van der Waals surface area contributed by atoms with Gasteiger partial charge in [-0.05, 0) is 56.6 Å². The monoisotopic (exact) mass is 679 g/mol. The summed E-state index contributed by atoms with van der Waals surface area (Å²) in [4.78, 5) is 26.9. The third kappa shape index (κ3) is 5.00. The van der Waals surface area contributed by atoms with Gasteiger partial charge in [-0.1, -0.05) is 48.5 Å². The Morgan fingerprint density at radius 1 is 0.472 bits per heavy atom. The van der Waals surface area contributed by atoms with Crippen LogP contribution in [0, 0.1) is 30.3 Å². The van der Waals surface area contributed by atoms with Gasteiger partial charge in [-0.2, -0.15) is 0 Å². The first kappa shape index (κ1) is 26.2. The van der Waals surface area contributed by atoms with E-state index in [1.807, 2.05) is 0 Å². The molecule has 36 heavy (non-hydrogen) atoms. The Balaban J connectivity index is 0.000000196. The van der Waals surface area contributed by atoms with Gasteiger partial charge in [0.1, 0.15) is 0 Å². The summed E-state index contributed by atoms with van der Waals surface area (Å²) in [5.74, 6) is -3.51. The largest absolute Gasteiger partial charge is 2.00 e. The molecule has 0 aliphatic rings. The van der Waals surface area contributed by atoms with Gasteiger partial charge in [0, 0.05) is 0 Å². The molecule has 0 unspecified atom stereocenters. The number of hydrogen-bond acceptors (Lipinski definition) is 8. The molecule has 11 nitrogen and oxygen atoms in total. The number of hydrogen-bond donors (Lipinski definition) is 0. The van der Waals surface area contributed by atoms with Gasteiger partial charge in [0.2, 0.25) is 0 Å². The van der Waals surface area contributed by atoms with Gasteiger partial charge < -0.3 is 10.2 Å². The normalized spacial score (nSPS) is 10.3. The van der Waals surface area contributed by atoms with Gasteiger partial charge >= 0.3 is 27.3 Å². The minimum absolute atomic E-state index is 0. The van der Waals surface area contributed by atoms with E-state index in [4.69, 9.17) is 0 Å². The van der Waals surface area contributed by atoms with Crippen molar-refractivity contribution in [1.82, 2.24) is 0 Å². The number of fused-ring (bicyclic) bond motifs is 3. The quantitative estimate of drug-likeness (QED) is 0.117. The van der Waals surface area contributed by atoms with Gasteiger partial charge in [-0.15, -0.1) is 0 Å². The van der Waals surface area contributed by atoms with Crippen LogP contribution in [-0.2, 0) is 0 Å². The predicted octanol–water partition coefficient (Wildman–Crippen LogP) is 4.32.